The standard InChI is InChI=1S/C24H22ClN5O2S/c25-17-6-7-18-20(12-17)30(9-10-31)22(27-18)15-29(13-16-4-2-1-3-5-16)14-21-26-19-8-11-33-23(19)24(32)28-21/h1-8,11-12,31H,9-10,13-15H2,(H,26,28,32). The van der Waals surface area contributed by atoms with Crippen LogP contribution in [-0.2, 0) is 26.2 Å². The number of rotatable bonds is 8. The summed E-state index contributed by atoms with van der Waals surface area (Å²) in [7, 11) is 0. The molecule has 9 heteroatoms. The van der Waals surface area contributed by atoms with Gasteiger partial charge in [-0.25, -0.2) is 9.97 Å². The van der Waals surface area contributed by atoms with Gasteiger partial charge in [-0.15, -0.1) is 11.3 Å². The van der Waals surface area contributed by atoms with E-state index in [0.717, 1.165) is 22.4 Å². The molecule has 0 unspecified atom stereocenters. The van der Waals surface area contributed by atoms with Crippen LogP contribution in [0, 0.1) is 0 Å². The summed E-state index contributed by atoms with van der Waals surface area (Å²) in [5.41, 5.74) is 3.45. The molecule has 2 N–H and O–H groups in total. The number of fused-ring (bicyclic) bond motifs is 2. The van der Waals surface area contributed by atoms with Crippen molar-refractivity contribution in [2.45, 2.75) is 26.2 Å². The summed E-state index contributed by atoms with van der Waals surface area (Å²) in [6.45, 7) is 2.01. The van der Waals surface area contributed by atoms with Crippen molar-refractivity contribution in [1.82, 2.24) is 24.4 Å². The first-order valence-electron chi connectivity index (χ1n) is 10.6. The van der Waals surface area contributed by atoms with Crippen LogP contribution in [0.5, 0.6) is 0 Å². The summed E-state index contributed by atoms with van der Waals surface area (Å²) in [6.07, 6.45) is 0. The number of aliphatic hydroxyl groups excluding tert-OH is 1. The molecule has 7 nitrogen and oxygen atoms in total. The van der Waals surface area contributed by atoms with Crippen LogP contribution in [0.1, 0.15) is 17.2 Å². The Kier molecular flexibility index (Phi) is 6.24. The average molecular weight is 480 g/mol. The first-order valence-corrected chi connectivity index (χ1v) is 11.8. The number of aromatic nitrogens is 4. The number of thiophene rings is 1. The fourth-order valence-corrected chi connectivity index (χ4v) is 4.93. The Balaban J connectivity index is 1.51. The number of nitrogens with one attached hydrogen (secondary N) is 1. The molecule has 0 atom stereocenters. The van der Waals surface area contributed by atoms with Crippen LogP contribution < -0.4 is 5.56 Å². The minimum Gasteiger partial charge on any atom is -0.395 e. The maximum Gasteiger partial charge on any atom is 0.268 e. The summed E-state index contributed by atoms with van der Waals surface area (Å²) < 4.78 is 2.63. The number of halogens is 1. The highest BCUT2D eigenvalue weighted by Gasteiger charge is 2.17. The van der Waals surface area contributed by atoms with Gasteiger partial charge in [-0.2, -0.15) is 0 Å². The first-order chi connectivity index (χ1) is 16.1. The Labute approximate surface area is 198 Å². The third-order valence-electron chi connectivity index (χ3n) is 5.46. The molecule has 0 aliphatic heterocycles. The lowest BCUT2D eigenvalue weighted by Crippen LogP contribution is -2.27. The van der Waals surface area contributed by atoms with Crippen LogP contribution in [0.2, 0.25) is 5.02 Å². The van der Waals surface area contributed by atoms with E-state index in [0.29, 0.717) is 47.2 Å². The molecule has 3 aromatic heterocycles. The van der Waals surface area contributed by atoms with Gasteiger partial charge in [0.15, 0.2) is 0 Å². The summed E-state index contributed by atoms with van der Waals surface area (Å²) in [4.78, 5) is 27.1. The summed E-state index contributed by atoms with van der Waals surface area (Å²) in [5, 5.41) is 12.2. The molecule has 2 aromatic carbocycles. The van der Waals surface area contributed by atoms with Gasteiger partial charge in [0.1, 0.15) is 16.3 Å². The highest BCUT2D eigenvalue weighted by atomic mass is 35.5. The van der Waals surface area contributed by atoms with Gasteiger partial charge in [0.2, 0.25) is 0 Å². The molecule has 3 heterocycles. The molecule has 168 valence electrons. The summed E-state index contributed by atoms with van der Waals surface area (Å²) in [6, 6.07) is 17.6. The Morgan fingerprint density at radius 3 is 2.70 bits per heavy atom. The topological polar surface area (TPSA) is 87.0 Å². The highest BCUT2D eigenvalue weighted by molar-refractivity contribution is 7.17. The van der Waals surface area contributed by atoms with Crippen LogP contribution >= 0.6 is 22.9 Å². The third-order valence-corrected chi connectivity index (χ3v) is 6.60. The monoisotopic (exact) mass is 479 g/mol. The van der Waals surface area contributed by atoms with E-state index in [1.807, 2.05) is 52.4 Å². The van der Waals surface area contributed by atoms with Crippen LogP contribution in [0.3, 0.4) is 0 Å². The zero-order valence-corrected chi connectivity index (χ0v) is 19.3. The fourth-order valence-electron chi connectivity index (χ4n) is 4.03. The largest absolute Gasteiger partial charge is 0.395 e. The summed E-state index contributed by atoms with van der Waals surface area (Å²) >= 11 is 7.61. The molecular formula is C24H22ClN5O2S. The van der Waals surface area contributed by atoms with E-state index in [9.17, 15) is 9.90 Å². The van der Waals surface area contributed by atoms with E-state index >= 15 is 0 Å². The predicted octanol–water partition coefficient (Wildman–Crippen LogP) is 4.18. The Hall–Kier alpha value is -3.04. The minimum absolute atomic E-state index is 0.00659. The number of aliphatic hydroxyl groups is 1. The van der Waals surface area contributed by atoms with Crippen molar-refractivity contribution < 1.29 is 5.11 Å². The molecule has 0 radical (unpaired) electrons. The van der Waals surface area contributed by atoms with Gasteiger partial charge in [-0.05, 0) is 35.2 Å². The maximum absolute atomic E-state index is 12.5. The number of nitrogens with zero attached hydrogens (tertiary/aromatic N) is 4. The van der Waals surface area contributed by atoms with Crippen molar-refractivity contribution in [3.05, 3.63) is 92.6 Å². The predicted molar refractivity (Wildman–Crippen MR) is 131 cm³/mol. The molecular weight excluding hydrogens is 458 g/mol. The maximum atomic E-state index is 12.5. The lowest BCUT2D eigenvalue weighted by molar-refractivity contribution is 0.226. The van der Waals surface area contributed by atoms with Crippen molar-refractivity contribution in [3.8, 4) is 0 Å². The number of hydrogen-bond acceptors (Lipinski definition) is 6. The van der Waals surface area contributed by atoms with Gasteiger partial charge in [-0.1, -0.05) is 41.9 Å². The van der Waals surface area contributed by atoms with Crippen molar-refractivity contribution in [2.75, 3.05) is 6.61 Å². The van der Waals surface area contributed by atoms with Gasteiger partial charge in [0.25, 0.3) is 5.56 Å². The smallest absolute Gasteiger partial charge is 0.268 e. The average Bonchev–Trinajstić information content (AvgIpc) is 3.40. The van der Waals surface area contributed by atoms with E-state index in [4.69, 9.17) is 16.6 Å². The van der Waals surface area contributed by atoms with Gasteiger partial charge in [0, 0.05) is 18.1 Å². The Morgan fingerprint density at radius 2 is 1.88 bits per heavy atom. The number of aromatic amines is 1. The van der Waals surface area contributed by atoms with Crippen molar-refractivity contribution in [3.63, 3.8) is 0 Å². The summed E-state index contributed by atoms with van der Waals surface area (Å²) in [5.74, 6) is 1.42. The zero-order valence-electron chi connectivity index (χ0n) is 17.7. The van der Waals surface area contributed by atoms with E-state index < -0.39 is 0 Å². The van der Waals surface area contributed by atoms with Crippen molar-refractivity contribution in [2.24, 2.45) is 0 Å². The van der Waals surface area contributed by atoms with Gasteiger partial charge in [0.05, 0.1) is 36.2 Å². The van der Waals surface area contributed by atoms with Crippen molar-refractivity contribution >= 4 is 44.2 Å². The normalized spacial score (nSPS) is 11.7. The number of benzene rings is 2. The third kappa shape index (κ3) is 4.69. The molecule has 0 amide bonds. The van der Waals surface area contributed by atoms with Crippen molar-refractivity contribution in [1.29, 1.82) is 0 Å². The molecule has 5 aromatic rings. The molecule has 5 rings (SSSR count). The minimum atomic E-state index is -0.119. The van der Waals surface area contributed by atoms with Crippen LogP contribution in [0.25, 0.3) is 21.3 Å². The van der Waals surface area contributed by atoms with E-state index in [2.05, 4.69) is 27.0 Å². The van der Waals surface area contributed by atoms with Gasteiger partial charge < -0.3 is 14.7 Å². The van der Waals surface area contributed by atoms with Crippen LogP contribution in [0.15, 0.2) is 64.8 Å². The molecule has 0 saturated carbocycles. The molecule has 0 fully saturated rings. The molecule has 33 heavy (non-hydrogen) atoms. The lowest BCUT2D eigenvalue weighted by Gasteiger charge is -2.22. The second kappa shape index (κ2) is 9.44. The van der Waals surface area contributed by atoms with Gasteiger partial charge in [-0.3, -0.25) is 9.69 Å². The second-order valence-electron chi connectivity index (χ2n) is 7.81. The Bertz CT molecular complexity index is 1460. The van der Waals surface area contributed by atoms with Crippen LogP contribution in [-0.4, -0.2) is 36.1 Å². The SMILES string of the molecule is O=c1[nH]c(CN(Cc2ccccc2)Cc2nc3ccc(Cl)cc3n2CCO)nc2ccsc12. The molecule has 0 saturated heterocycles. The number of H-pyrrole nitrogens is 1. The van der Waals surface area contributed by atoms with E-state index in [1.165, 1.54) is 11.3 Å². The molecule has 0 spiro atoms. The number of imidazole rings is 1. The number of hydrogen-bond donors (Lipinski definition) is 2. The lowest BCUT2D eigenvalue weighted by atomic mass is 10.2. The second-order valence-corrected chi connectivity index (χ2v) is 9.17. The van der Waals surface area contributed by atoms with Crippen LogP contribution in [0.4, 0.5) is 0 Å². The van der Waals surface area contributed by atoms with E-state index in [1.54, 1.807) is 0 Å². The zero-order chi connectivity index (χ0) is 22.8. The quantitative estimate of drug-likeness (QED) is 0.348. The molecule has 0 aliphatic carbocycles. The Morgan fingerprint density at radius 1 is 1.03 bits per heavy atom. The molecule has 0 aliphatic rings. The highest BCUT2D eigenvalue weighted by Crippen LogP contribution is 2.23. The van der Waals surface area contributed by atoms with E-state index in [-0.39, 0.29) is 12.2 Å². The fraction of sp³-hybridized carbons (Fsp3) is 0.208. The first kappa shape index (κ1) is 21.8. The van der Waals surface area contributed by atoms with Gasteiger partial charge >= 0.3 is 0 Å². The molecule has 0 bridgehead atoms.